The van der Waals surface area contributed by atoms with E-state index in [1.807, 2.05) is 30.3 Å². The van der Waals surface area contributed by atoms with Gasteiger partial charge in [0.25, 0.3) is 0 Å². The molecule has 0 N–H and O–H groups in total. The summed E-state index contributed by atoms with van der Waals surface area (Å²) in [6.07, 6.45) is 2.08. The predicted octanol–water partition coefficient (Wildman–Crippen LogP) is 2.84. The Balaban J connectivity index is 2.12. The van der Waals surface area contributed by atoms with Crippen LogP contribution < -0.4 is 0 Å². The van der Waals surface area contributed by atoms with E-state index >= 15 is 0 Å². The van der Waals surface area contributed by atoms with Gasteiger partial charge in [-0.2, -0.15) is 0 Å². The lowest BCUT2D eigenvalue weighted by Gasteiger charge is -1.95. The van der Waals surface area contributed by atoms with Gasteiger partial charge in [0, 0.05) is 6.42 Å². The summed E-state index contributed by atoms with van der Waals surface area (Å²) in [7, 11) is 0. The molecule has 1 aromatic heterocycles. The van der Waals surface area contributed by atoms with Crippen LogP contribution in [-0.4, -0.2) is 16.1 Å². The molecule has 0 unspecified atom stereocenters. The van der Waals surface area contributed by atoms with E-state index in [1.165, 1.54) is 6.20 Å². The van der Waals surface area contributed by atoms with E-state index in [-0.39, 0.29) is 11.1 Å². The first-order chi connectivity index (χ1) is 7.79. The van der Waals surface area contributed by atoms with Gasteiger partial charge < -0.3 is 4.42 Å². The molecule has 0 saturated carbocycles. The zero-order valence-electron chi connectivity index (χ0n) is 8.52. The van der Waals surface area contributed by atoms with Gasteiger partial charge in [0.15, 0.2) is 11.7 Å². The number of benzene rings is 1. The summed E-state index contributed by atoms with van der Waals surface area (Å²) < 4.78 is 5.35. The zero-order chi connectivity index (χ0) is 11.4. The second-order valence-corrected chi connectivity index (χ2v) is 3.90. The number of Topliss-reactive ketones (excluding diaryl/α,β-unsaturated/α-hetero) is 1. The predicted molar refractivity (Wildman–Crippen MR) is 63.9 cm³/mol. The van der Waals surface area contributed by atoms with Crippen LogP contribution in [0.15, 0.2) is 40.9 Å². The molecular weight excluding hydrogens is 270 g/mol. The SMILES string of the molecule is O=C(CBr)c1cnc(Cc2ccccc2)o1. The van der Waals surface area contributed by atoms with Crippen LogP contribution in [0.4, 0.5) is 0 Å². The summed E-state index contributed by atoms with van der Waals surface area (Å²) in [6.45, 7) is 0. The molecule has 0 amide bonds. The Morgan fingerprint density at radius 3 is 2.75 bits per heavy atom. The summed E-state index contributed by atoms with van der Waals surface area (Å²) in [5, 5.41) is 0.257. The first kappa shape index (κ1) is 11.1. The van der Waals surface area contributed by atoms with Gasteiger partial charge in [-0.15, -0.1) is 0 Å². The van der Waals surface area contributed by atoms with Crippen molar-refractivity contribution in [3.05, 3.63) is 53.7 Å². The Kier molecular flexibility index (Phi) is 3.51. The summed E-state index contributed by atoms with van der Waals surface area (Å²) in [5.41, 5.74) is 1.11. The van der Waals surface area contributed by atoms with Gasteiger partial charge in [-0.1, -0.05) is 46.3 Å². The van der Waals surface area contributed by atoms with Crippen LogP contribution in [0.25, 0.3) is 0 Å². The van der Waals surface area contributed by atoms with Crippen LogP contribution in [0.2, 0.25) is 0 Å². The largest absolute Gasteiger partial charge is 0.437 e. The molecule has 0 atom stereocenters. The number of oxazole rings is 1. The molecule has 2 aromatic rings. The van der Waals surface area contributed by atoms with Crippen LogP contribution in [0, 0.1) is 0 Å². The second kappa shape index (κ2) is 5.07. The fourth-order valence-corrected chi connectivity index (χ4v) is 1.63. The molecule has 1 aromatic carbocycles. The van der Waals surface area contributed by atoms with Crippen molar-refractivity contribution < 1.29 is 9.21 Å². The number of ketones is 1. The van der Waals surface area contributed by atoms with Crippen molar-refractivity contribution in [2.45, 2.75) is 6.42 Å². The van der Waals surface area contributed by atoms with Gasteiger partial charge in [-0.05, 0) is 5.56 Å². The Bertz CT molecular complexity index is 479. The fraction of sp³-hybridized carbons (Fsp3) is 0.167. The van der Waals surface area contributed by atoms with Crippen LogP contribution in [0.3, 0.4) is 0 Å². The lowest BCUT2D eigenvalue weighted by atomic mass is 10.2. The highest BCUT2D eigenvalue weighted by Crippen LogP contribution is 2.11. The van der Waals surface area contributed by atoms with Crippen LogP contribution in [0.1, 0.15) is 22.0 Å². The van der Waals surface area contributed by atoms with E-state index < -0.39 is 0 Å². The molecular formula is C12H10BrNO2. The minimum atomic E-state index is -0.0909. The Labute approximate surface area is 102 Å². The summed E-state index contributed by atoms with van der Waals surface area (Å²) in [4.78, 5) is 15.4. The van der Waals surface area contributed by atoms with E-state index in [2.05, 4.69) is 20.9 Å². The van der Waals surface area contributed by atoms with E-state index in [4.69, 9.17) is 4.42 Å². The molecule has 0 bridgehead atoms. The van der Waals surface area contributed by atoms with Crippen molar-refractivity contribution in [3.8, 4) is 0 Å². The van der Waals surface area contributed by atoms with Gasteiger partial charge in [-0.3, -0.25) is 4.79 Å². The van der Waals surface area contributed by atoms with Crippen molar-refractivity contribution in [2.75, 3.05) is 5.33 Å². The Hall–Kier alpha value is -1.42. The molecule has 0 aliphatic rings. The summed E-state index contributed by atoms with van der Waals surface area (Å²) in [5.74, 6) is 0.783. The number of alkyl halides is 1. The number of carbonyl (C=O) groups excluding carboxylic acids is 1. The highest BCUT2D eigenvalue weighted by atomic mass is 79.9. The van der Waals surface area contributed by atoms with Gasteiger partial charge in [0.1, 0.15) is 0 Å². The van der Waals surface area contributed by atoms with Crippen molar-refractivity contribution in [3.63, 3.8) is 0 Å². The van der Waals surface area contributed by atoms with E-state index in [0.717, 1.165) is 5.56 Å². The molecule has 1 heterocycles. The first-order valence-corrected chi connectivity index (χ1v) is 5.99. The molecule has 2 rings (SSSR count). The van der Waals surface area contributed by atoms with Gasteiger partial charge >= 0.3 is 0 Å². The Morgan fingerprint density at radius 1 is 1.31 bits per heavy atom. The minimum Gasteiger partial charge on any atom is -0.437 e. The highest BCUT2D eigenvalue weighted by molar-refractivity contribution is 9.09. The van der Waals surface area contributed by atoms with Crippen LogP contribution in [0.5, 0.6) is 0 Å². The van der Waals surface area contributed by atoms with E-state index in [0.29, 0.717) is 18.1 Å². The molecule has 16 heavy (non-hydrogen) atoms. The lowest BCUT2D eigenvalue weighted by molar-refractivity contribution is 0.0992. The molecule has 82 valence electrons. The first-order valence-electron chi connectivity index (χ1n) is 4.87. The van der Waals surface area contributed by atoms with Gasteiger partial charge in [-0.25, -0.2) is 4.98 Å². The van der Waals surface area contributed by atoms with Crippen molar-refractivity contribution >= 4 is 21.7 Å². The number of aromatic nitrogens is 1. The topological polar surface area (TPSA) is 43.1 Å². The Morgan fingerprint density at radius 2 is 2.06 bits per heavy atom. The normalized spacial score (nSPS) is 10.3. The smallest absolute Gasteiger partial charge is 0.210 e. The van der Waals surface area contributed by atoms with Gasteiger partial charge in [0.2, 0.25) is 5.78 Å². The molecule has 4 heteroatoms. The molecule has 0 radical (unpaired) electrons. The molecule has 0 aliphatic heterocycles. The standard InChI is InChI=1S/C12H10BrNO2/c13-7-10(15)11-8-14-12(16-11)6-9-4-2-1-3-5-9/h1-5,8H,6-7H2. The summed E-state index contributed by atoms with van der Waals surface area (Å²) in [6, 6.07) is 9.87. The highest BCUT2D eigenvalue weighted by Gasteiger charge is 2.10. The minimum absolute atomic E-state index is 0.0909. The third-order valence-corrected chi connectivity index (χ3v) is 2.66. The maximum atomic E-state index is 11.3. The summed E-state index contributed by atoms with van der Waals surface area (Å²) >= 11 is 3.09. The number of nitrogens with zero attached hydrogens (tertiary/aromatic N) is 1. The molecule has 0 fully saturated rings. The zero-order valence-corrected chi connectivity index (χ0v) is 10.1. The third-order valence-electron chi connectivity index (χ3n) is 2.15. The van der Waals surface area contributed by atoms with E-state index in [9.17, 15) is 4.79 Å². The van der Waals surface area contributed by atoms with Crippen molar-refractivity contribution in [1.29, 1.82) is 0 Å². The number of hydrogen-bond acceptors (Lipinski definition) is 3. The number of halogens is 1. The number of carbonyl (C=O) groups is 1. The molecule has 0 aliphatic carbocycles. The van der Waals surface area contributed by atoms with Gasteiger partial charge in [0.05, 0.1) is 11.5 Å². The van der Waals surface area contributed by atoms with Crippen molar-refractivity contribution in [2.24, 2.45) is 0 Å². The fourth-order valence-electron chi connectivity index (χ4n) is 1.36. The quantitative estimate of drug-likeness (QED) is 0.639. The third kappa shape index (κ3) is 2.58. The number of hydrogen-bond donors (Lipinski definition) is 0. The average Bonchev–Trinajstić information content (AvgIpc) is 2.78. The lowest BCUT2D eigenvalue weighted by Crippen LogP contribution is -1.96. The number of rotatable bonds is 4. The molecule has 3 nitrogen and oxygen atoms in total. The van der Waals surface area contributed by atoms with Crippen LogP contribution in [-0.2, 0) is 6.42 Å². The second-order valence-electron chi connectivity index (χ2n) is 3.34. The average molecular weight is 280 g/mol. The molecule has 0 saturated heterocycles. The maximum absolute atomic E-state index is 11.3. The molecule has 0 spiro atoms. The monoisotopic (exact) mass is 279 g/mol. The van der Waals surface area contributed by atoms with Crippen molar-refractivity contribution in [1.82, 2.24) is 4.98 Å². The van der Waals surface area contributed by atoms with E-state index in [1.54, 1.807) is 0 Å². The maximum Gasteiger partial charge on any atom is 0.210 e. The van der Waals surface area contributed by atoms with Crippen LogP contribution >= 0.6 is 15.9 Å².